The lowest BCUT2D eigenvalue weighted by molar-refractivity contribution is -0.899. The van der Waals surface area contributed by atoms with E-state index in [2.05, 4.69) is 66.6 Å². The van der Waals surface area contributed by atoms with Crippen LogP contribution in [-0.4, -0.2) is 54.0 Å². The standard InChI is InChI=1S/C21H40N2/c1-15-11-18(23(6,7)8)12-16(2)19(15)22-14-20(4)9-10-21(22,5)13-17(20)3/h14-19H,9-13H2,1-8H3/q+2/t15?,16?,17?,18?,19?,20-,21-/m1/s1. The average molecular weight is 321 g/mol. The summed E-state index contributed by atoms with van der Waals surface area (Å²) >= 11 is 0. The molecule has 2 fully saturated rings. The minimum Gasteiger partial charge on any atom is -0.328 e. The molecule has 132 valence electrons. The van der Waals surface area contributed by atoms with E-state index >= 15 is 0 Å². The van der Waals surface area contributed by atoms with E-state index in [1.165, 1.54) is 32.1 Å². The summed E-state index contributed by atoms with van der Waals surface area (Å²) in [5, 5.41) is 0. The molecule has 2 saturated carbocycles. The molecule has 0 amide bonds. The molecule has 2 heteroatoms. The monoisotopic (exact) mass is 320 g/mol. The van der Waals surface area contributed by atoms with Gasteiger partial charge in [0, 0.05) is 49.9 Å². The highest BCUT2D eigenvalue weighted by Crippen LogP contribution is 2.51. The Kier molecular flexibility index (Phi) is 4.03. The molecule has 2 aliphatic carbocycles. The van der Waals surface area contributed by atoms with Gasteiger partial charge in [-0.25, -0.2) is 4.58 Å². The first-order valence-electron chi connectivity index (χ1n) is 9.92. The molecule has 2 bridgehead atoms. The van der Waals surface area contributed by atoms with E-state index in [1.807, 2.05) is 0 Å². The normalized spacial score (nSPS) is 50.8. The first-order valence-corrected chi connectivity index (χ1v) is 9.92. The number of hydrogen-bond acceptors (Lipinski definition) is 0. The maximum atomic E-state index is 2.87. The van der Waals surface area contributed by atoms with Gasteiger partial charge in [-0.3, -0.25) is 0 Å². The Hall–Kier alpha value is -0.370. The topological polar surface area (TPSA) is 3.01 Å². The van der Waals surface area contributed by atoms with Gasteiger partial charge < -0.3 is 4.48 Å². The Morgan fingerprint density at radius 3 is 2.00 bits per heavy atom. The van der Waals surface area contributed by atoms with E-state index in [-0.39, 0.29) is 0 Å². The number of quaternary nitrogens is 1. The van der Waals surface area contributed by atoms with Gasteiger partial charge in [0.2, 0.25) is 0 Å². The van der Waals surface area contributed by atoms with Crippen molar-refractivity contribution >= 4 is 6.21 Å². The molecule has 0 spiro atoms. The van der Waals surface area contributed by atoms with E-state index in [0.717, 1.165) is 34.3 Å². The van der Waals surface area contributed by atoms with E-state index in [0.29, 0.717) is 11.0 Å². The largest absolute Gasteiger partial charge is 0.328 e. The van der Waals surface area contributed by atoms with Crippen molar-refractivity contribution in [3.8, 4) is 0 Å². The van der Waals surface area contributed by atoms with Crippen LogP contribution in [0.1, 0.15) is 66.7 Å². The molecule has 0 aromatic carbocycles. The summed E-state index contributed by atoms with van der Waals surface area (Å²) in [5.74, 6) is 2.44. The summed E-state index contributed by atoms with van der Waals surface area (Å²) in [6, 6.07) is 1.57. The maximum absolute atomic E-state index is 2.87. The number of fused-ring (bicyclic) bond motifs is 2. The van der Waals surface area contributed by atoms with Crippen LogP contribution in [-0.2, 0) is 0 Å². The van der Waals surface area contributed by atoms with Crippen molar-refractivity contribution in [3.63, 3.8) is 0 Å². The SMILES string of the molecule is CC1CC([N+](C)(C)C)CC(C)C1[N+]1=C[C@@]2(C)CC[C@]1(C)CC2C. The van der Waals surface area contributed by atoms with Crippen LogP contribution in [0.4, 0.5) is 0 Å². The molecule has 5 atom stereocenters. The second-order valence-electron chi connectivity index (χ2n) is 10.8. The van der Waals surface area contributed by atoms with E-state index < -0.39 is 0 Å². The van der Waals surface area contributed by atoms with Gasteiger partial charge >= 0.3 is 0 Å². The Balaban J connectivity index is 1.90. The minimum atomic E-state index is 0.411. The molecule has 0 aromatic rings. The predicted octanol–water partition coefficient (Wildman–Crippen LogP) is 4.18. The van der Waals surface area contributed by atoms with Crippen molar-refractivity contribution in [1.29, 1.82) is 0 Å². The second-order valence-corrected chi connectivity index (χ2v) is 10.8. The van der Waals surface area contributed by atoms with Gasteiger partial charge in [0.1, 0.15) is 6.21 Å². The van der Waals surface area contributed by atoms with Crippen LogP contribution in [0.2, 0.25) is 0 Å². The van der Waals surface area contributed by atoms with Crippen LogP contribution in [0.25, 0.3) is 0 Å². The molecule has 2 aliphatic heterocycles. The number of hydrogen-bond donors (Lipinski definition) is 0. The van der Waals surface area contributed by atoms with Crippen LogP contribution in [0, 0.1) is 23.2 Å². The molecule has 4 rings (SSSR count). The second kappa shape index (κ2) is 5.31. The van der Waals surface area contributed by atoms with E-state index in [9.17, 15) is 0 Å². The van der Waals surface area contributed by atoms with Gasteiger partial charge in [-0.1, -0.05) is 27.7 Å². The maximum Gasteiger partial charge on any atom is 0.160 e. The highest BCUT2D eigenvalue weighted by atomic mass is 15.3. The molecule has 0 aromatic heterocycles. The van der Waals surface area contributed by atoms with Crippen molar-refractivity contribution in [1.82, 2.24) is 0 Å². The molecule has 2 heterocycles. The van der Waals surface area contributed by atoms with Crippen LogP contribution >= 0.6 is 0 Å². The zero-order valence-corrected chi connectivity index (χ0v) is 16.9. The summed E-state index contributed by atoms with van der Waals surface area (Å²) in [6.07, 6.45) is 9.61. The first-order chi connectivity index (χ1) is 10.5. The zero-order chi connectivity index (χ0) is 17.2. The van der Waals surface area contributed by atoms with Crippen LogP contribution in [0.15, 0.2) is 0 Å². The molecule has 4 aliphatic rings. The third-order valence-electron chi connectivity index (χ3n) is 8.00. The lowest BCUT2D eigenvalue weighted by Crippen LogP contribution is -2.63. The summed E-state index contributed by atoms with van der Waals surface area (Å²) in [4.78, 5) is 0. The number of rotatable bonds is 2. The summed E-state index contributed by atoms with van der Waals surface area (Å²) in [5.41, 5.74) is 0.849. The fourth-order valence-electron chi connectivity index (χ4n) is 6.10. The van der Waals surface area contributed by atoms with Crippen LogP contribution < -0.4 is 0 Å². The van der Waals surface area contributed by atoms with Crippen molar-refractivity contribution in [2.24, 2.45) is 23.2 Å². The highest BCUT2D eigenvalue weighted by Gasteiger charge is 2.58. The summed E-state index contributed by atoms with van der Waals surface area (Å²) < 4.78 is 3.99. The van der Waals surface area contributed by atoms with Crippen molar-refractivity contribution in [2.75, 3.05) is 21.1 Å². The number of nitrogens with zero attached hydrogens (tertiary/aromatic N) is 2. The van der Waals surface area contributed by atoms with Crippen LogP contribution in [0.5, 0.6) is 0 Å². The highest BCUT2D eigenvalue weighted by molar-refractivity contribution is 5.63. The minimum absolute atomic E-state index is 0.411. The van der Waals surface area contributed by atoms with Gasteiger partial charge in [-0.15, -0.1) is 0 Å². The lowest BCUT2D eigenvalue weighted by Gasteiger charge is -2.52. The molecule has 23 heavy (non-hydrogen) atoms. The Morgan fingerprint density at radius 1 is 0.957 bits per heavy atom. The summed E-state index contributed by atoms with van der Waals surface area (Å²) in [7, 11) is 7.14. The first kappa shape index (κ1) is 17.5. The molecular formula is C21H40N2+2. The van der Waals surface area contributed by atoms with E-state index in [4.69, 9.17) is 0 Å². The van der Waals surface area contributed by atoms with E-state index in [1.54, 1.807) is 0 Å². The van der Waals surface area contributed by atoms with Gasteiger partial charge in [-0.05, 0) is 12.3 Å². The Bertz CT molecular complexity index is 490. The summed E-state index contributed by atoms with van der Waals surface area (Å²) in [6.45, 7) is 12.6. The lowest BCUT2D eigenvalue weighted by atomic mass is 9.59. The average Bonchev–Trinajstić information content (AvgIpc) is 2.40. The van der Waals surface area contributed by atoms with Gasteiger partial charge in [-0.2, -0.15) is 0 Å². The molecule has 3 unspecified atom stereocenters. The zero-order valence-electron chi connectivity index (χ0n) is 16.9. The molecule has 0 radical (unpaired) electrons. The quantitative estimate of drug-likeness (QED) is 0.530. The van der Waals surface area contributed by atoms with Crippen molar-refractivity contribution < 1.29 is 9.06 Å². The molecular weight excluding hydrogens is 280 g/mol. The predicted molar refractivity (Wildman–Crippen MR) is 99.0 cm³/mol. The molecule has 0 saturated heterocycles. The van der Waals surface area contributed by atoms with Gasteiger partial charge in [0.25, 0.3) is 0 Å². The molecule has 2 nitrogen and oxygen atoms in total. The van der Waals surface area contributed by atoms with Gasteiger partial charge in [0.05, 0.1) is 27.2 Å². The fourth-order valence-corrected chi connectivity index (χ4v) is 6.10. The Labute approximate surface area is 144 Å². The Morgan fingerprint density at radius 2 is 1.52 bits per heavy atom. The third kappa shape index (κ3) is 2.79. The fraction of sp³-hybridized carbons (Fsp3) is 0.952. The van der Waals surface area contributed by atoms with Crippen molar-refractivity contribution in [2.45, 2.75) is 84.3 Å². The van der Waals surface area contributed by atoms with Gasteiger partial charge in [0.15, 0.2) is 11.6 Å². The third-order valence-corrected chi connectivity index (χ3v) is 8.00. The van der Waals surface area contributed by atoms with Crippen LogP contribution in [0.3, 0.4) is 0 Å². The van der Waals surface area contributed by atoms with Crippen molar-refractivity contribution in [3.05, 3.63) is 0 Å². The smallest absolute Gasteiger partial charge is 0.160 e. The molecule has 0 N–H and O–H groups in total.